The van der Waals surface area contributed by atoms with Crippen molar-refractivity contribution < 1.29 is 4.74 Å². The highest BCUT2D eigenvalue weighted by Gasteiger charge is 2.15. The van der Waals surface area contributed by atoms with Crippen molar-refractivity contribution >= 4 is 17.7 Å². The van der Waals surface area contributed by atoms with E-state index in [2.05, 4.69) is 66.9 Å². The van der Waals surface area contributed by atoms with E-state index in [1.807, 2.05) is 17.8 Å². The van der Waals surface area contributed by atoms with Crippen LogP contribution in [0.25, 0.3) is 0 Å². The number of ether oxygens (including phenoxy) is 1. The Labute approximate surface area is 158 Å². The van der Waals surface area contributed by atoms with E-state index in [1.54, 1.807) is 0 Å². The van der Waals surface area contributed by atoms with E-state index in [0.717, 1.165) is 58.1 Å². The summed E-state index contributed by atoms with van der Waals surface area (Å²) in [6.45, 7) is 10.8. The maximum atomic E-state index is 5.72. The number of unbranched alkanes of at least 4 members (excludes halogenated alkanes) is 1. The van der Waals surface area contributed by atoms with Gasteiger partial charge in [-0.25, -0.2) is 0 Å². The standard InChI is InChI=1S/C20H35N3OS/c1-5-21-19(23-17-20(2,3)25-4)22-14-9-10-15-24-16-13-18-11-7-6-8-12-18/h6-8,11-12H,5,9-10,13-17H2,1-4H3,(H2,21,22,23). The quantitative estimate of drug-likeness (QED) is 0.337. The third-order valence-electron chi connectivity index (χ3n) is 3.90. The monoisotopic (exact) mass is 365 g/mol. The normalized spacial score (nSPS) is 12.2. The van der Waals surface area contributed by atoms with Crippen molar-refractivity contribution in [2.75, 3.05) is 39.1 Å². The Bertz CT molecular complexity index is 477. The highest BCUT2D eigenvalue weighted by Crippen LogP contribution is 2.20. The number of benzene rings is 1. The average molecular weight is 366 g/mol. The van der Waals surface area contributed by atoms with Crippen LogP contribution in [-0.2, 0) is 11.2 Å². The summed E-state index contributed by atoms with van der Waals surface area (Å²) in [7, 11) is 0. The maximum Gasteiger partial charge on any atom is 0.191 e. The molecule has 0 fully saturated rings. The second kappa shape index (κ2) is 13.1. The number of hydrogen-bond donors (Lipinski definition) is 2. The Morgan fingerprint density at radius 2 is 1.88 bits per heavy atom. The van der Waals surface area contributed by atoms with E-state index in [0.29, 0.717) is 0 Å². The topological polar surface area (TPSA) is 45.7 Å². The van der Waals surface area contributed by atoms with Crippen LogP contribution < -0.4 is 10.6 Å². The van der Waals surface area contributed by atoms with Gasteiger partial charge in [0.25, 0.3) is 0 Å². The number of aliphatic imine (C=N–C) groups is 1. The molecule has 0 radical (unpaired) electrons. The predicted octanol–water partition coefficient (Wildman–Crippen LogP) is 3.72. The lowest BCUT2D eigenvalue weighted by atomic mass is 10.2. The Morgan fingerprint density at radius 1 is 1.12 bits per heavy atom. The van der Waals surface area contributed by atoms with Crippen LogP contribution in [0.5, 0.6) is 0 Å². The minimum atomic E-state index is 0.176. The second-order valence-electron chi connectivity index (χ2n) is 6.64. The molecular formula is C20H35N3OS. The van der Waals surface area contributed by atoms with Gasteiger partial charge in [-0.1, -0.05) is 30.3 Å². The lowest BCUT2D eigenvalue weighted by Gasteiger charge is -2.20. The van der Waals surface area contributed by atoms with E-state index in [1.165, 1.54) is 5.56 Å². The summed E-state index contributed by atoms with van der Waals surface area (Å²) in [5.41, 5.74) is 1.34. The summed E-state index contributed by atoms with van der Waals surface area (Å²) in [5.74, 6) is 0.912. The summed E-state index contributed by atoms with van der Waals surface area (Å²) in [5, 5.41) is 6.72. The van der Waals surface area contributed by atoms with Crippen LogP contribution in [0.1, 0.15) is 39.2 Å². The van der Waals surface area contributed by atoms with Gasteiger partial charge in [-0.3, -0.25) is 4.99 Å². The molecule has 5 heteroatoms. The van der Waals surface area contributed by atoms with E-state index in [-0.39, 0.29) is 4.75 Å². The second-order valence-corrected chi connectivity index (χ2v) is 8.15. The SMILES string of the molecule is CCNC(=NCC(C)(C)SC)NCCCCOCCc1ccccc1. The molecule has 1 aromatic rings. The molecule has 1 aromatic carbocycles. The molecule has 2 N–H and O–H groups in total. The van der Waals surface area contributed by atoms with E-state index < -0.39 is 0 Å². The molecule has 0 spiro atoms. The van der Waals surface area contributed by atoms with Crippen molar-refractivity contribution in [3.05, 3.63) is 35.9 Å². The van der Waals surface area contributed by atoms with Gasteiger partial charge in [-0.05, 0) is 51.9 Å². The fraction of sp³-hybridized carbons (Fsp3) is 0.650. The van der Waals surface area contributed by atoms with Gasteiger partial charge in [0, 0.05) is 24.4 Å². The fourth-order valence-corrected chi connectivity index (χ4v) is 2.34. The molecule has 1 rings (SSSR count). The molecule has 4 nitrogen and oxygen atoms in total. The highest BCUT2D eigenvalue weighted by molar-refractivity contribution is 7.99. The first-order valence-electron chi connectivity index (χ1n) is 9.26. The molecule has 0 unspecified atom stereocenters. The zero-order valence-corrected chi connectivity index (χ0v) is 17.1. The lowest BCUT2D eigenvalue weighted by molar-refractivity contribution is 0.133. The average Bonchev–Trinajstić information content (AvgIpc) is 2.62. The van der Waals surface area contributed by atoms with Crippen LogP contribution in [0.3, 0.4) is 0 Å². The fourth-order valence-electron chi connectivity index (χ4n) is 2.15. The Morgan fingerprint density at radius 3 is 2.56 bits per heavy atom. The molecule has 0 aliphatic heterocycles. The number of rotatable bonds is 12. The molecule has 0 bridgehead atoms. The predicted molar refractivity (Wildman–Crippen MR) is 112 cm³/mol. The van der Waals surface area contributed by atoms with Crippen molar-refractivity contribution in [2.45, 2.75) is 44.8 Å². The molecule has 0 aromatic heterocycles. The maximum absolute atomic E-state index is 5.72. The molecule has 0 aliphatic rings. The van der Waals surface area contributed by atoms with Crippen LogP contribution in [0.2, 0.25) is 0 Å². The Balaban J connectivity index is 2.10. The van der Waals surface area contributed by atoms with Gasteiger partial charge >= 0.3 is 0 Å². The molecule has 25 heavy (non-hydrogen) atoms. The first-order chi connectivity index (χ1) is 12.1. The first kappa shape index (κ1) is 21.8. The van der Waals surface area contributed by atoms with Crippen LogP contribution in [-0.4, -0.2) is 49.8 Å². The summed E-state index contributed by atoms with van der Waals surface area (Å²) < 4.78 is 5.90. The third-order valence-corrected chi connectivity index (χ3v) is 5.13. The van der Waals surface area contributed by atoms with Crippen molar-refractivity contribution in [3.63, 3.8) is 0 Å². The minimum Gasteiger partial charge on any atom is -0.381 e. The molecule has 0 heterocycles. The zero-order valence-electron chi connectivity index (χ0n) is 16.3. The van der Waals surface area contributed by atoms with Crippen molar-refractivity contribution in [1.82, 2.24) is 10.6 Å². The van der Waals surface area contributed by atoms with Crippen molar-refractivity contribution in [1.29, 1.82) is 0 Å². The summed E-state index contributed by atoms with van der Waals surface area (Å²) in [6, 6.07) is 10.5. The largest absolute Gasteiger partial charge is 0.381 e. The molecular weight excluding hydrogens is 330 g/mol. The van der Waals surface area contributed by atoms with Gasteiger partial charge in [0.15, 0.2) is 5.96 Å². The van der Waals surface area contributed by atoms with E-state index in [4.69, 9.17) is 4.74 Å². The van der Waals surface area contributed by atoms with Crippen LogP contribution in [0.4, 0.5) is 0 Å². The minimum absolute atomic E-state index is 0.176. The molecule has 0 amide bonds. The summed E-state index contributed by atoms with van der Waals surface area (Å²) in [6.07, 6.45) is 5.27. The van der Waals surface area contributed by atoms with Gasteiger partial charge < -0.3 is 15.4 Å². The third kappa shape index (κ3) is 11.1. The number of guanidine groups is 1. The van der Waals surface area contributed by atoms with Gasteiger partial charge in [0.1, 0.15) is 0 Å². The Kier molecular flexibility index (Phi) is 11.4. The van der Waals surface area contributed by atoms with E-state index in [9.17, 15) is 0 Å². The molecule has 0 aliphatic carbocycles. The molecule has 142 valence electrons. The van der Waals surface area contributed by atoms with Crippen LogP contribution >= 0.6 is 11.8 Å². The van der Waals surface area contributed by atoms with Crippen LogP contribution in [0, 0.1) is 0 Å². The Hall–Kier alpha value is -1.20. The smallest absolute Gasteiger partial charge is 0.191 e. The number of hydrogen-bond acceptors (Lipinski definition) is 3. The van der Waals surface area contributed by atoms with Gasteiger partial charge in [-0.15, -0.1) is 0 Å². The van der Waals surface area contributed by atoms with Gasteiger partial charge in [-0.2, -0.15) is 11.8 Å². The summed E-state index contributed by atoms with van der Waals surface area (Å²) >= 11 is 1.85. The van der Waals surface area contributed by atoms with Gasteiger partial charge in [0.2, 0.25) is 0 Å². The van der Waals surface area contributed by atoms with Crippen molar-refractivity contribution in [2.24, 2.45) is 4.99 Å². The lowest BCUT2D eigenvalue weighted by Crippen LogP contribution is -2.39. The summed E-state index contributed by atoms with van der Waals surface area (Å²) in [4.78, 5) is 4.68. The highest BCUT2D eigenvalue weighted by atomic mass is 32.2. The number of nitrogens with zero attached hydrogens (tertiary/aromatic N) is 1. The number of thioether (sulfide) groups is 1. The first-order valence-corrected chi connectivity index (χ1v) is 10.5. The van der Waals surface area contributed by atoms with Crippen molar-refractivity contribution in [3.8, 4) is 0 Å². The molecule has 0 saturated carbocycles. The van der Waals surface area contributed by atoms with Crippen LogP contribution in [0.15, 0.2) is 35.3 Å². The number of nitrogens with one attached hydrogen (secondary N) is 2. The molecule has 0 saturated heterocycles. The van der Waals surface area contributed by atoms with Gasteiger partial charge in [0.05, 0.1) is 13.2 Å². The zero-order chi connectivity index (χ0) is 18.4. The molecule has 0 atom stereocenters. The van der Waals surface area contributed by atoms with E-state index >= 15 is 0 Å².